The van der Waals surface area contributed by atoms with Crippen molar-refractivity contribution in [3.8, 4) is 0 Å². The van der Waals surface area contributed by atoms with Crippen LogP contribution in [0.1, 0.15) is 27.9 Å². The molecule has 1 atom stereocenters. The number of rotatable bonds is 5. The lowest BCUT2D eigenvalue weighted by Gasteiger charge is -2.17. The molecule has 27 heavy (non-hydrogen) atoms. The minimum Gasteiger partial charge on any atom is -0.352 e. The van der Waals surface area contributed by atoms with Crippen molar-refractivity contribution in [2.45, 2.75) is 19.8 Å². The summed E-state index contributed by atoms with van der Waals surface area (Å²) in [5, 5.41) is 7.08. The first-order chi connectivity index (χ1) is 12.8. The molecule has 1 unspecified atom stereocenters. The highest BCUT2D eigenvalue weighted by Crippen LogP contribution is 2.19. The van der Waals surface area contributed by atoms with Crippen LogP contribution in [0, 0.1) is 18.7 Å². The highest BCUT2D eigenvalue weighted by molar-refractivity contribution is 6.32. The van der Waals surface area contributed by atoms with Crippen molar-refractivity contribution in [2.75, 3.05) is 19.6 Å². The van der Waals surface area contributed by atoms with Crippen molar-refractivity contribution in [3.63, 3.8) is 0 Å². The van der Waals surface area contributed by atoms with Crippen LogP contribution in [0.5, 0.6) is 0 Å². The zero-order chi connectivity index (χ0) is 19.6. The fraction of sp³-hybridized carbons (Fsp3) is 0.421. The maximum atomic E-state index is 13.9. The maximum Gasteiger partial charge on any atom is 0.256 e. The average Bonchev–Trinajstić information content (AvgIpc) is 3.24. The van der Waals surface area contributed by atoms with Crippen LogP contribution < -0.4 is 5.32 Å². The molecule has 0 radical (unpaired) electrons. The van der Waals surface area contributed by atoms with E-state index in [0.29, 0.717) is 30.8 Å². The third-order valence-corrected chi connectivity index (χ3v) is 5.29. The Morgan fingerprint density at radius 3 is 2.89 bits per heavy atom. The lowest BCUT2D eigenvalue weighted by atomic mass is 10.1. The van der Waals surface area contributed by atoms with E-state index in [1.807, 2.05) is 6.92 Å². The molecule has 1 aromatic heterocycles. The van der Waals surface area contributed by atoms with Crippen LogP contribution in [0.15, 0.2) is 24.4 Å². The zero-order valence-corrected chi connectivity index (χ0v) is 16.1. The van der Waals surface area contributed by atoms with Gasteiger partial charge in [0.1, 0.15) is 11.0 Å². The Morgan fingerprint density at radius 1 is 1.41 bits per heavy atom. The lowest BCUT2D eigenvalue weighted by molar-refractivity contribution is -0.129. The second-order valence-electron chi connectivity index (χ2n) is 6.95. The number of hydrogen-bond donors (Lipinski definition) is 1. The second-order valence-corrected chi connectivity index (χ2v) is 7.31. The molecule has 1 fully saturated rings. The number of nitrogens with zero attached hydrogens (tertiary/aromatic N) is 3. The third kappa shape index (κ3) is 4.47. The summed E-state index contributed by atoms with van der Waals surface area (Å²) in [5.41, 5.74) is 1.68. The average molecular weight is 393 g/mol. The second kappa shape index (κ2) is 8.08. The van der Waals surface area contributed by atoms with E-state index in [-0.39, 0.29) is 35.1 Å². The number of benzene rings is 1. The van der Waals surface area contributed by atoms with E-state index in [0.717, 1.165) is 12.0 Å². The van der Waals surface area contributed by atoms with Crippen LogP contribution in [-0.4, -0.2) is 46.1 Å². The summed E-state index contributed by atoms with van der Waals surface area (Å²) in [5.74, 6) is -0.565. The predicted octanol–water partition coefficient (Wildman–Crippen LogP) is 2.34. The molecule has 1 aliphatic rings. The Labute approximate surface area is 162 Å². The molecule has 0 aliphatic carbocycles. The number of carbonyl (C=O) groups excluding carboxylic acids is 2. The van der Waals surface area contributed by atoms with Crippen LogP contribution >= 0.6 is 11.6 Å². The first-order valence-corrected chi connectivity index (χ1v) is 9.21. The van der Waals surface area contributed by atoms with Gasteiger partial charge in [-0.3, -0.25) is 14.3 Å². The Kier molecular flexibility index (Phi) is 5.79. The summed E-state index contributed by atoms with van der Waals surface area (Å²) in [7, 11) is 1.66. The van der Waals surface area contributed by atoms with Gasteiger partial charge in [0.15, 0.2) is 0 Å². The highest BCUT2D eigenvalue weighted by atomic mass is 35.5. The molecule has 3 rings (SSSR count). The van der Waals surface area contributed by atoms with Crippen LogP contribution in [0.3, 0.4) is 0 Å². The number of halogens is 2. The van der Waals surface area contributed by atoms with E-state index in [1.165, 1.54) is 16.9 Å². The minimum absolute atomic E-state index is 0.0535. The van der Waals surface area contributed by atoms with E-state index in [2.05, 4.69) is 10.4 Å². The molecule has 0 bridgehead atoms. The standard InChI is InChI=1S/C19H22ClFN4O2/c1-12-3-4-16(21)14(7-12)8-17(26)25-6-5-13(11-25)9-22-19(27)15-10-23-24(2)18(15)20/h3-4,7,10,13H,5-6,8-9,11H2,1-2H3,(H,22,27). The molecule has 2 heterocycles. The van der Waals surface area contributed by atoms with Gasteiger partial charge >= 0.3 is 0 Å². The number of aryl methyl sites for hydroxylation is 2. The van der Waals surface area contributed by atoms with Crippen molar-refractivity contribution < 1.29 is 14.0 Å². The molecule has 2 aromatic rings. The molecule has 8 heteroatoms. The molecule has 1 aromatic carbocycles. The SMILES string of the molecule is Cc1ccc(F)c(CC(=O)N2CCC(CNC(=O)c3cnn(C)c3Cl)C2)c1. The van der Waals surface area contributed by atoms with E-state index < -0.39 is 0 Å². The van der Waals surface area contributed by atoms with Gasteiger partial charge in [0.2, 0.25) is 5.91 Å². The van der Waals surface area contributed by atoms with Gasteiger partial charge < -0.3 is 10.2 Å². The van der Waals surface area contributed by atoms with Gasteiger partial charge in [-0.2, -0.15) is 5.10 Å². The summed E-state index contributed by atoms with van der Waals surface area (Å²) in [4.78, 5) is 26.4. The van der Waals surface area contributed by atoms with Gasteiger partial charge in [-0.1, -0.05) is 29.3 Å². The largest absolute Gasteiger partial charge is 0.352 e. The van der Waals surface area contributed by atoms with Crippen LogP contribution in [0.4, 0.5) is 4.39 Å². The first-order valence-electron chi connectivity index (χ1n) is 8.83. The molecular weight excluding hydrogens is 371 g/mol. The summed E-state index contributed by atoms with van der Waals surface area (Å²) in [6.45, 7) is 3.48. The van der Waals surface area contributed by atoms with Gasteiger partial charge in [-0.05, 0) is 30.9 Å². The summed E-state index contributed by atoms with van der Waals surface area (Å²) in [6, 6.07) is 4.79. The molecule has 0 spiro atoms. The zero-order valence-electron chi connectivity index (χ0n) is 15.3. The molecule has 1 aliphatic heterocycles. The Morgan fingerprint density at radius 2 is 2.19 bits per heavy atom. The lowest BCUT2D eigenvalue weighted by Crippen LogP contribution is -2.33. The van der Waals surface area contributed by atoms with E-state index in [1.54, 1.807) is 24.1 Å². The number of amides is 2. The van der Waals surface area contributed by atoms with Gasteiger partial charge in [-0.25, -0.2) is 4.39 Å². The van der Waals surface area contributed by atoms with Crippen LogP contribution in [-0.2, 0) is 18.3 Å². The van der Waals surface area contributed by atoms with Crippen LogP contribution in [0.2, 0.25) is 5.15 Å². The maximum absolute atomic E-state index is 13.9. The fourth-order valence-electron chi connectivity index (χ4n) is 3.25. The topological polar surface area (TPSA) is 67.2 Å². The number of likely N-dealkylation sites (tertiary alicyclic amines) is 1. The van der Waals surface area contributed by atoms with Gasteiger partial charge in [0.05, 0.1) is 18.2 Å². The van der Waals surface area contributed by atoms with E-state index in [4.69, 9.17) is 11.6 Å². The highest BCUT2D eigenvalue weighted by Gasteiger charge is 2.27. The van der Waals surface area contributed by atoms with Crippen LogP contribution in [0.25, 0.3) is 0 Å². The quantitative estimate of drug-likeness (QED) is 0.849. The molecule has 1 N–H and O–H groups in total. The summed E-state index contributed by atoms with van der Waals surface area (Å²) in [6.07, 6.45) is 2.28. The third-order valence-electron chi connectivity index (χ3n) is 4.84. The summed E-state index contributed by atoms with van der Waals surface area (Å²) >= 11 is 6.02. The number of nitrogens with one attached hydrogen (secondary N) is 1. The van der Waals surface area contributed by atoms with E-state index in [9.17, 15) is 14.0 Å². The Balaban J connectivity index is 1.51. The van der Waals surface area contributed by atoms with Crippen molar-refractivity contribution in [1.29, 1.82) is 0 Å². The monoisotopic (exact) mass is 392 g/mol. The molecule has 6 nitrogen and oxygen atoms in total. The number of aromatic nitrogens is 2. The molecule has 1 saturated heterocycles. The van der Waals surface area contributed by atoms with E-state index >= 15 is 0 Å². The fourth-order valence-corrected chi connectivity index (χ4v) is 3.42. The molecule has 144 valence electrons. The van der Waals surface area contributed by atoms with Gasteiger partial charge in [0, 0.05) is 26.7 Å². The first kappa shape index (κ1) is 19.4. The minimum atomic E-state index is -0.356. The summed E-state index contributed by atoms with van der Waals surface area (Å²) < 4.78 is 15.3. The number of carbonyl (C=O) groups is 2. The Hall–Kier alpha value is -2.41. The van der Waals surface area contributed by atoms with Gasteiger partial charge in [-0.15, -0.1) is 0 Å². The molecule has 0 saturated carbocycles. The van der Waals surface area contributed by atoms with Crippen molar-refractivity contribution >= 4 is 23.4 Å². The molecular formula is C19H22ClFN4O2. The normalized spacial score (nSPS) is 16.6. The van der Waals surface area contributed by atoms with Crippen molar-refractivity contribution in [2.24, 2.45) is 13.0 Å². The number of hydrogen-bond acceptors (Lipinski definition) is 3. The smallest absolute Gasteiger partial charge is 0.256 e. The Bertz CT molecular complexity index is 867. The predicted molar refractivity (Wildman–Crippen MR) is 100 cm³/mol. The molecule has 2 amide bonds. The van der Waals surface area contributed by atoms with Crippen molar-refractivity contribution in [3.05, 3.63) is 52.1 Å². The van der Waals surface area contributed by atoms with Crippen molar-refractivity contribution in [1.82, 2.24) is 20.0 Å². The van der Waals surface area contributed by atoms with Gasteiger partial charge in [0.25, 0.3) is 5.91 Å².